The molecule has 0 heterocycles. The topological polar surface area (TPSA) is 17.1 Å². The Kier molecular flexibility index (Phi) is 4.23. The molecule has 0 bridgehead atoms. The van der Waals surface area contributed by atoms with Crippen molar-refractivity contribution in [3.8, 4) is 0 Å². The third kappa shape index (κ3) is 3.07. The van der Waals surface area contributed by atoms with Crippen molar-refractivity contribution in [1.82, 2.24) is 0 Å². The second-order valence-electron chi connectivity index (χ2n) is 4.63. The molecule has 0 N–H and O–H groups in total. The van der Waals surface area contributed by atoms with E-state index in [1.807, 2.05) is 31.2 Å². The Morgan fingerprint density at radius 3 is 2.25 bits per heavy atom. The summed E-state index contributed by atoms with van der Waals surface area (Å²) in [5.74, 6) is -4.86. The first-order chi connectivity index (χ1) is 9.49. The van der Waals surface area contributed by atoms with Crippen LogP contribution in [0, 0.1) is 24.4 Å². The van der Waals surface area contributed by atoms with Gasteiger partial charge in [-0.2, -0.15) is 0 Å². The zero-order valence-electron chi connectivity index (χ0n) is 10.9. The summed E-state index contributed by atoms with van der Waals surface area (Å²) < 4.78 is 39.3. The lowest BCUT2D eigenvalue weighted by Crippen LogP contribution is -2.07. The molecule has 0 aliphatic heterocycles. The van der Waals surface area contributed by atoms with Crippen molar-refractivity contribution < 1.29 is 18.0 Å². The fraction of sp³-hybridized carbons (Fsp3) is 0.188. The second kappa shape index (κ2) is 5.90. The van der Waals surface area contributed by atoms with E-state index in [1.165, 1.54) is 0 Å². The van der Waals surface area contributed by atoms with Crippen molar-refractivity contribution in [2.75, 3.05) is 0 Å². The summed E-state index contributed by atoms with van der Waals surface area (Å²) in [6.45, 7) is 1.95. The monoisotopic (exact) mass is 278 g/mol. The Labute approximate surface area is 115 Å². The first-order valence-electron chi connectivity index (χ1n) is 6.21. The van der Waals surface area contributed by atoms with Gasteiger partial charge in [0.1, 0.15) is 0 Å². The highest BCUT2D eigenvalue weighted by molar-refractivity contribution is 5.96. The van der Waals surface area contributed by atoms with E-state index in [4.69, 9.17) is 0 Å². The number of aryl methyl sites for hydroxylation is 2. The number of carbonyl (C=O) groups is 1. The standard InChI is InChI=1S/C16H13F3O/c1-10-2-4-11(5-3-10)6-9-14(20)12-7-8-13(17)16(19)15(12)18/h2-5,7-8H,6,9H2,1H3. The van der Waals surface area contributed by atoms with Gasteiger partial charge in [0, 0.05) is 6.42 Å². The predicted molar refractivity (Wildman–Crippen MR) is 70.1 cm³/mol. The van der Waals surface area contributed by atoms with Crippen molar-refractivity contribution in [2.24, 2.45) is 0 Å². The summed E-state index contributed by atoms with van der Waals surface area (Å²) in [5, 5.41) is 0. The highest BCUT2D eigenvalue weighted by Gasteiger charge is 2.18. The third-order valence-corrected chi connectivity index (χ3v) is 3.10. The molecule has 0 aliphatic carbocycles. The van der Waals surface area contributed by atoms with Crippen LogP contribution in [0.25, 0.3) is 0 Å². The van der Waals surface area contributed by atoms with E-state index in [0.29, 0.717) is 6.42 Å². The van der Waals surface area contributed by atoms with Gasteiger partial charge in [0.15, 0.2) is 23.2 Å². The number of ketones is 1. The Morgan fingerprint density at radius 1 is 0.950 bits per heavy atom. The lowest BCUT2D eigenvalue weighted by Gasteiger charge is -2.05. The zero-order valence-corrected chi connectivity index (χ0v) is 10.9. The molecule has 0 fully saturated rings. The van der Waals surface area contributed by atoms with Gasteiger partial charge in [0.25, 0.3) is 0 Å². The second-order valence-corrected chi connectivity index (χ2v) is 4.63. The van der Waals surface area contributed by atoms with E-state index in [2.05, 4.69) is 0 Å². The van der Waals surface area contributed by atoms with Gasteiger partial charge in [0.05, 0.1) is 5.56 Å². The van der Waals surface area contributed by atoms with Crippen molar-refractivity contribution in [3.05, 3.63) is 70.5 Å². The number of hydrogen-bond acceptors (Lipinski definition) is 1. The van der Waals surface area contributed by atoms with Crippen molar-refractivity contribution in [1.29, 1.82) is 0 Å². The number of Topliss-reactive ketones (excluding diaryl/α,β-unsaturated/α-hetero) is 1. The van der Waals surface area contributed by atoms with E-state index < -0.39 is 28.8 Å². The number of carbonyl (C=O) groups excluding carboxylic acids is 1. The largest absolute Gasteiger partial charge is 0.294 e. The van der Waals surface area contributed by atoms with Gasteiger partial charge in [-0.1, -0.05) is 29.8 Å². The fourth-order valence-corrected chi connectivity index (χ4v) is 1.89. The smallest absolute Gasteiger partial charge is 0.195 e. The molecule has 0 aromatic heterocycles. The van der Waals surface area contributed by atoms with E-state index in [-0.39, 0.29) is 6.42 Å². The molecule has 0 saturated heterocycles. The quantitative estimate of drug-likeness (QED) is 0.604. The van der Waals surface area contributed by atoms with Crippen LogP contribution in [0.5, 0.6) is 0 Å². The summed E-state index contributed by atoms with van der Waals surface area (Å²) in [5.41, 5.74) is 1.63. The van der Waals surface area contributed by atoms with Crippen LogP contribution >= 0.6 is 0 Å². The molecule has 2 aromatic rings. The van der Waals surface area contributed by atoms with E-state index in [0.717, 1.165) is 23.3 Å². The molecule has 1 nitrogen and oxygen atoms in total. The fourth-order valence-electron chi connectivity index (χ4n) is 1.89. The number of halogens is 3. The zero-order chi connectivity index (χ0) is 14.7. The summed E-state index contributed by atoms with van der Waals surface area (Å²) in [4.78, 5) is 11.8. The van der Waals surface area contributed by atoms with Crippen LogP contribution in [-0.4, -0.2) is 5.78 Å². The molecular weight excluding hydrogens is 265 g/mol. The Balaban J connectivity index is 2.09. The molecule has 0 saturated carbocycles. The van der Waals surface area contributed by atoms with Crippen LogP contribution in [0.15, 0.2) is 36.4 Å². The average Bonchev–Trinajstić information content (AvgIpc) is 2.44. The Hall–Kier alpha value is -2.10. The van der Waals surface area contributed by atoms with E-state index in [9.17, 15) is 18.0 Å². The van der Waals surface area contributed by atoms with Crippen LogP contribution in [0.2, 0.25) is 0 Å². The lowest BCUT2D eigenvalue weighted by atomic mass is 10.0. The SMILES string of the molecule is Cc1ccc(CCC(=O)c2ccc(F)c(F)c2F)cc1. The summed E-state index contributed by atoms with van der Waals surface area (Å²) in [6, 6.07) is 9.33. The van der Waals surface area contributed by atoms with Crippen LogP contribution in [0.4, 0.5) is 13.2 Å². The van der Waals surface area contributed by atoms with Crippen molar-refractivity contribution in [3.63, 3.8) is 0 Å². The van der Waals surface area contributed by atoms with Crippen LogP contribution < -0.4 is 0 Å². The lowest BCUT2D eigenvalue weighted by molar-refractivity contribution is 0.0977. The first kappa shape index (κ1) is 14.3. The maximum atomic E-state index is 13.5. The van der Waals surface area contributed by atoms with Crippen LogP contribution in [-0.2, 0) is 6.42 Å². The molecule has 0 amide bonds. The number of benzene rings is 2. The Morgan fingerprint density at radius 2 is 1.60 bits per heavy atom. The van der Waals surface area contributed by atoms with Gasteiger partial charge in [0.2, 0.25) is 0 Å². The van der Waals surface area contributed by atoms with Crippen molar-refractivity contribution >= 4 is 5.78 Å². The van der Waals surface area contributed by atoms with E-state index in [1.54, 1.807) is 0 Å². The van der Waals surface area contributed by atoms with Crippen molar-refractivity contribution in [2.45, 2.75) is 19.8 Å². The molecule has 4 heteroatoms. The molecule has 2 aromatic carbocycles. The third-order valence-electron chi connectivity index (χ3n) is 3.10. The van der Waals surface area contributed by atoms with Gasteiger partial charge < -0.3 is 0 Å². The maximum Gasteiger partial charge on any atom is 0.195 e. The minimum Gasteiger partial charge on any atom is -0.294 e. The van der Waals surface area contributed by atoms with Gasteiger partial charge in [-0.25, -0.2) is 13.2 Å². The van der Waals surface area contributed by atoms with Gasteiger partial charge in [-0.05, 0) is 31.0 Å². The van der Waals surface area contributed by atoms with E-state index >= 15 is 0 Å². The first-order valence-corrected chi connectivity index (χ1v) is 6.21. The Bertz CT molecular complexity index is 633. The molecule has 0 aliphatic rings. The molecule has 0 unspecified atom stereocenters. The normalized spacial score (nSPS) is 10.6. The molecule has 104 valence electrons. The molecule has 0 atom stereocenters. The minimum atomic E-state index is -1.61. The highest BCUT2D eigenvalue weighted by atomic mass is 19.2. The van der Waals surface area contributed by atoms with Gasteiger partial charge in [-0.3, -0.25) is 4.79 Å². The highest BCUT2D eigenvalue weighted by Crippen LogP contribution is 2.17. The number of rotatable bonds is 4. The average molecular weight is 278 g/mol. The minimum absolute atomic E-state index is 0.0467. The van der Waals surface area contributed by atoms with Crippen LogP contribution in [0.1, 0.15) is 27.9 Å². The predicted octanol–water partition coefficient (Wildman–Crippen LogP) is 4.23. The molecular formula is C16H13F3O. The van der Waals surface area contributed by atoms with Gasteiger partial charge >= 0.3 is 0 Å². The molecule has 20 heavy (non-hydrogen) atoms. The summed E-state index contributed by atoms with van der Waals surface area (Å²) >= 11 is 0. The maximum absolute atomic E-state index is 13.5. The molecule has 0 radical (unpaired) electrons. The molecule has 0 spiro atoms. The van der Waals surface area contributed by atoms with Crippen LogP contribution in [0.3, 0.4) is 0 Å². The summed E-state index contributed by atoms with van der Waals surface area (Å²) in [6.07, 6.45) is 0.475. The molecule has 2 rings (SSSR count). The summed E-state index contributed by atoms with van der Waals surface area (Å²) in [7, 11) is 0. The number of hydrogen-bond donors (Lipinski definition) is 0. The van der Waals surface area contributed by atoms with Gasteiger partial charge in [-0.15, -0.1) is 0 Å².